The number of aromatic amines is 1. The average molecular weight is 356 g/mol. The van der Waals surface area contributed by atoms with Crippen molar-refractivity contribution in [3.8, 4) is 0 Å². The molecular formula is C21H22ClNO2. The van der Waals surface area contributed by atoms with Crippen LogP contribution >= 0.6 is 11.6 Å². The van der Waals surface area contributed by atoms with Gasteiger partial charge in [0.1, 0.15) is 0 Å². The standard InChI is InChI=1S/C21H22ClNO2/c1-21(2,3)19-17(16-9-8-15(22)12-18(16)23-19)11-13-6-5-7-14(10-13)20(24)25-4/h5-10,12,23H,11H2,1-4H3. The first kappa shape index (κ1) is 17.6. The summed E-state index contributed by atoms with van der Waals surface area (Å²) in [7, 11) is 1.40. The molecule has 2 aromatic carbocycles. The molecule has 0 atom stereocenters. The molecule has 0 aliphatic heterocycles. The van der Waals surface area contributed by atoms with E-state index < -0.39 is 0 Å². The van der Waals surface area contributed by atoms with Gasteiger partial charge >= 0.3 is 5.97 Å². The van der Waals surface area contributed by atoms with E-state index in [0.717, 1.165) is 22.9 Å². The van der Waals surface area contributed by atoms with Crippen LogP contribution in [0.4, 0.5) is 0 Å². The van der Waals surface area contributed by atoms with E-state index in [1.807, 2.05) is 30.3 Å². The Balaban J connectivity index is 2.10. The maximum Gasteiger partial charge on any atom is 0.337 e. The van der Waals surface area contributed by atoms with Gasteiger partial charge in [0.05, 0.1) is 12.7 Å². The second kappa shape index (κ2) is 6.57. The Morgan fingerprint density at radius 1 is 1.16 bits per heavy atom. The molecule has 1 heterocycles. The molecule has 3 nitrogen and oxygen atoms in total. The van der Waals surface area contributed by atoms with Gasteiger partial charge < -0.3 is 9.72 Å². The number of aromatic nitrogens is 1. The lowest BCUT2D eigenvalue weighted by Gasteiger charge is -2.19. The third-order valence-corrected chi connectivity index (χ3v) is 4.58. The number of benzene rings is 2. The molecule has 4 heteroatoms. The lowest BCUT2D eigenvalue weighted by atomic mass is 9.87. The van der Waals surface area contributed by atoms with Crippen molar-refractivity contribution >= 4 is 28.5 Å². The van der Waals surface area contributed by atoms with Gasteiger partial charge in [0.2, 0.25) is 0 Å². The third kappa shape index (κ3) is 3.57. The Bertz CT molecular complexity index is 935. The number of rotatable bonds is 3. The van der Waals surface area contributed by atoms with Crippen LogP contribution in [0.25, 0.3) is 10.9 Å². The van der Waals surface area contributed by atoms with Crippen LogP contribution < -0.4 is 0 Å². The van der Waals surface area contributed by atoms with Gasteiger partial charge in [-0.1, -0.05) is 50.6 Å². The molecule has 130 valence electrons. The molecule has 1 aromatic heterocycles. The quantitative estimate of drug-likeness (QED) is 0.630. The second-order valence-electron chi connectivity index (χ2n) is 7.29. The molecule has 1 N–H and O–H groups in total. The van der Waals surface area contributed by atoms with Crippen LogP contribution in [0.15, 0.2) is 42.5 Å². The molecule has 0 unspecified atom stereocenters. The Labute approximate surface area is 153 Å². The van der Waals surface area contributed by atoms with Crippen molar-refractivity contribution in [2.24, 2.45) is 0 Å². The van der Waals surface area contributed by atoms with E-state index in [1.54, 1.807) is 6.07 Å². The molecule has 0 spiro atoms. The van der Waals surface area contributed by atoms with Gasteiger partial charge in [-0.2, -0.15) is 0 Å². The summed E-state index contributed by atoms with van der Waals surface area (Å²) in [5.41, 5.74) is 5.08. The van der Waals surface area contributed by atoms with Gasteiger partial charge in [-0.25, -0.2) is 4.79 Å². The number of esters is 1. The average Bonchev–Trinajstić information content (AvgIpc) is 2.92. The fourth-order valence-electron chi connectivity index (χ4n) is 3.18. The van der Waals surface area contributed by atoms with Crippen LogP contribution in [-0.2, 0) is 16.6 Å². The summed E-state index contributed by atoms with van der Waals surface area (Å²) in [6.45, 7) is 6.56. The van der Waals surface area contributed by atoms with E-state index in [2.05, 4.69) is 31.8 Å². The highest BCUT2D eigenvalue weighted by atomic mass is 35.5. The van der Waals surface area contributed by atoms with Crippen LogP contribution in [0.5, 0.6) is 0 Å². The molecular weight excluding hydrogens is 334 g/mol. The zero-order valence-electron chi connectivity index (χ0n) is 14.9. The Morgan fingerprint density at radius 3 is 2.60 bits per heavy atom. The minimum atomic E-state index is -0.316. The van der Waals surface area contributed by atoms with E-state index in [0.29, 0.717) is 10.6 Å². The lowest BCUT2D eigenvalue weighted by molar-refractivity contribution is 0.0600. The van der Waals surface area contributed by atoms with E-state index in [1.165, 1.54) is 18.4 Å². The number of ether oxygens (including phenoxy) is 1. The maximum absolute atomic E-state index is 11.8. The smallest absolute Gasteiger partial charge is 0.337 e. The van der Waals surface area contributed by atoms with Gasteiger partial charge in [0, 0.05) is 27.0 Å². The van der Waals surface area contributed by atoms with Gasteiger partial charge in [0.15, 0.2) is 0 Å². The predicted molar refractivity (Wildman–Crippen MR) is 103 cm³/mol. The van der Waals surface area contributed by atoms with Gasteiger partial charge in [-0.3, -0.25) is 0 Å². The molecule has 0 saturated heterocycles. The summed E-state index contributed by atoms with van der Waals surface area (Å²) in [6.07, 6.45) is 0.735. The molecule has 0 bridgehead atoms. The van der Waals surface area contributed by atoms with Crippen molar-refractivity contribution in [2.45, 2.75) is 32.6 Å². The fourth-order valence-corrected chi connectivity index (χ4v) is 3.35. The van der Waals surface area contributed by atoms with Crippen LogP contribution in [-0.4, -0.2) is 18.1 Å². The van der Waals surface area contributed by atoms with Crippen LogP contribution in [0.1, 0.15) is 48.0 Å². The number of nitrogens with one attached hydrogen (secondary N) is 1. The maximum atomic E-state index is 11.8. The van der Waals surface area contributed by atoms with E-state index in [-0.39, 0.29) is 11.4 Å². The molecule has 0 aliphatic carbocycles. The predicted octanol–water partition coefficient (Wildman–Crippen LogP) is 5.50. The van der Waals surface area contributed by atoms with Gasteiger partial charge in [-0.15, -0.1) is 0 Å². The van der Waals surface area contributed by atoms with Crippen molar-refractivity contribution in [1.82, 2.24) is 4.98 Å². The molecule has 3 aromatic rings. The SMILES string of the molecule is COC(=O)c1cccc(Cc2c(C(C)(C)C)[nH]c3cc(Cl)ccc23)c1. The van der Waals surface area contributed by atoms with Crippen molar-refractivity contribution in [2.75, 3.05) is 7.11 Å². The van der Waals surface area contributed by atoms with Crippen molar-refractivity contribution in [3.63, 3.8) is 0 Å². The number of carbonyl (C=O) groups is 1. The minimum Gasteiger partial charge on any atom is -0.465 e. The number of carbonyl (C=O) groups excluding carboxylic acids is 1. The van der Waals surface area contributed by atoms with Crippen molar-refractivity contribution in [3.05, 3.63) is 69.9 Å². The van der Waals surface area contributed by atoms with E-state index in [4.69, 9.17) is 16.3 Å². The highest BCUT2D eigenvalue weighted by molar-refractivity contribution is 6.31. The molecule has 0 saturated carbocycles. The normalized spacial score (nSPS) is 11.7. The molecule has 0 aliphatic rings. The highest BCUT2D eigenvalue weighted by Crippen LogP contribution is 2.34. The molecule has 25 heavy (non-hydrogen) atoms. The number of hydrogen-bond acceptors (Lipinski definition) is 2. The lowest BCUT2D eigenvalue weighted by Crippen LogP contribution is -2.14. The topological polar surface area (TPSA) is 42.1 Å². The summed E-state index contributed by atoms with van der Waals surface area (Å²) in [4.78, 5) is 15.3. The monoisotopic (exact) mass is 355 g/mol. The first-order chi connectivity index (χ1) is 11.8. The summed E-state index contributed by atoms with van der Waals surface area (Å²) in [5.74, 6) is -0.316. The summed E-state index contributed by atoms with van der Waals surface area (Å²) in [6, 6.07) is 13.5. The zero-order chi connectivity index (χ0) is 18.2. The first-order valence-electron chi connectivity index (χ1n) is 8.27. The minimum absolute atomic E-state index is 0.0270. The van der Waals surface area contributed by atoms with Crippen molar-refractivity contribution in [1.29, 1.82) is 0 Å². The number of halogens is 1. The van der Waals surface area contributed by atoms with Crippen LogP contribution in [0.2, 0.25) is 5.02 Å². The first-order valence-corrected chi connectivity index (χ1v) is 8.65. The number of methoxy groups -OCH3 is 1. The Hall–Kier alpha value is -2.26. The van der Waals surface area contributed by atoms with Crippen LogP contribution in [0, 0.1) is 0 Å². The Kier molecular flexibility index (Phi) is 4.61. The largest absolute Gasteiger partial charge is 0.465 e. The van der Waals surface area contributed by atoms with E-state index in [9.17, 15) is 4.79 Å². The summed E-state index contributed by atoms with van der Waals surface area (Å²) >= 11 is 6.15. The van der Waals surface area contributed by atoms with E-state index >= 15 is 0 Å². The number of H-pyrrole nitrogens is 1. The van der Waals surface area contributed by atoms with Crippen LogP contribution in [0.3, 0.4) is 0 Å². The van der Waals surface area contributed by atoms with Gasteiger partial charge in [-0.05, 0) is 41.8 Å². The third-order valence-electron chi connectivity index (χ3n) is 4.35. The molecule has 0 amide bonds. The molecule has 0 fully saturated rings. The van der Waals surface area contributed by atoms with Crippen molar-refractivity contribution < 1.29 is 9.53 Å². The summed E-state index contributed by atoms with van der Waals surface area (Å²) < 4.78 is 4.83. The molecule has 0 radical (unpaired) electrons. The highest BCUT2D eigenvalue weighted by Gasteiger charge is 2.23. The fraction of sp³-hybridized carbons (Fsp3) is 0.286. The van der Waals surface area contributed by atoms with Gasteiger partial charge in [0.25, 0.3) is 0 Å². The number of hydrogen-bond donors (Lipinski definition) is 1. The zero-order valence-corrected chi connectivity index (χ0v) is 15.7. The summed E-state index contributed by atoms with van der Waals surface area (Å²) in [5, 5.41) is 1.88. The second-order valence-corrected chi connectivity index (χ2v) is 7.72. The number of fused-ring (bicyclic) bond motifs is 1. The Morgan fingerprint density at radius 2 is 1.92 bits per heavy atom. The molecule has 3 rings (SSSR count).